The maximum atomic E-state index is 4.92. The Bertz CT molecular complexity index is 757. The maximum Gasteiger partial charge on any atom is 0.206 e. The molecule has 4 heteroatoms. The van der Waals surface area contributed by atoms with Crippen molar-refractivity contribution in [2.75, 3.05) is 6.54 Å². The topological polar surface area (TPSA) is 29.6 Å². The first-order valence-electron chi connectivity index (χ1n) is 8.04. The van der Waals surface area contributed by atoms with Crippen molar-refractivity contribution in [3.05, 3.63) is 39.5 Å². The Morgan fingerprint density at radius 1 is 1.14 bits per heavy atom. The molecule has 0 unspecified atom stereocenters. The summed E-state index contributed by atoms with van der Waals surface area (Å²) in [5.74, 6) is 0. The van der Waals surface area contributed by atoms with Crippen LogP contribution in [0.1, 0.15) is 43.7 Å². The van der Waals surface area contributed by atoms with Crippen molar-refractivity contribution in [1.82, 2.24) is 4.68 Å². The highest BCUT2D eigenvalue weighted by Gasteiger charge is 2.12. The molecule has 1 heterocycles. The molecule has 0 bridgehead atoms. The number of thiazole rings is 1. The van der Waals surface area contributed by atoms with E-state index in [1.54, 1.807) is 11.3 Å². The van der Waals surface area contributed by atoms with Crippen LogP contribution in [-0.2, 0) is 0 Å². The number of aryl methyl sites for hydroxylation is 2. The summed E-state index contributed by atoms with van der Waals surface area (Å²) >= 11 is 1.68. The summed E-state index contributed by atoms with van der Waals surface area (Å²) in [6.45, 7) is 7.17. The zero-order valence-corrected chi connectivity index (χ0v) is 14.4. The number of aromatic nitrogens is 1. The van der Waals surface area contributed by atoms with E-state index in [9.17, 15) is 0 Å². The molecule has 0 atom stereocenters. The summed E-state index contributed by atoms with van der Waals surface area (Å²) < 4.78 is 2.05. The molecule has 1 aromatic carbocycles. The predicted molar refractivity (Wildman–Crippen MR) is 94.6 cm³/mol. The van der Waals surface area contributed by atoms with Gasteiger partial charge in [0, 0.05) is 23.2 Å². The molecule has 22 heavy (non-hydrogen) atoms. The van der Waals surface area contributed by atoms with Crippen LogP contribution < -0.4 is 4.80 Å². The van der Waals surface area contributed by atoms with Crippen molar-refractivity contribution in [3.63, 3.8) is 0 Å². The molecule has 0 aliphatic heterocycles. The third kappa shape index (κ3) is 3.07. The van der Waals surface area contributed by atoms with Crippen molar-refractivity contribution in [3.8, 4) is 11.3 Å². The molecule has 0 N–H and O–H groups in total. The molecule has 1 aliphatic rings. The number of hydrogen-bond donors (Lipinski definition) is 0. The predicted octanol–water partition coefficient (Wildman–Crippen LogP) is 4.53. The fourth-order valence-electron chi connectivity index (χ4n) is 2.76. The van der Waals surface area contributed by atoms with Gasteiger partial charge in [0.25, 0.3) is 0 Å². The van der Waals surface area contributed by atoms with E-state index in [0.717, 1.165) is 29.9 Å². The Labute approximate surface area is 136 Å². The number of benzene rings is 1. The van der Waals surface area contributed by atoms with Gasteiger partial charge in [-0.05, 0) is 63.6 Å². The second kappa shape index (κ2) is 6.61. The second-order valence-corrected chi connectivity index (χ2v) is 6.70. The van der Waals surface area contributed by atoms with Gasteiger partial charge in [-0.25, -0.2) is 4.68 Å². The van der Waals surface area contributed by atoms with Gasteiger partial charge in [-0.3, -0.25) is 4.99 Å². The van der Waals surface area contributed by atoms with Gasteiger partial charge < -0.3 is 0 Å². The van der Waals surface area contributed by atoms with Crippen LogP contribution in [0.25, 0.3) is 11.3 Å². The number of hydrogen-bond acceptors (Lipinski definition) is 3. The fraction of sp³-hybridized carbons (Fsp3) is 0.444. The average Bonchev–Trinajstić information content (AvgIpc) is 3.14. The molecule has 3 rings (SSSR count). The Kier molecular flexibility index (Phi) is 4.57. The van der Waals surface area contributed by atoms with Crippen molar-refractivity contribution in [2.24, 2.45) is 10.1 Å². The van der Waals surface area contributed by atoms with Crippen LogP contribution >= 0.6 is 11.3 Å². The van der Waals surface area contributed by atoms with Crippen LogP contribution in [0.15, 0.2) is 33.7 Å². The van der Waals surface area contributed by atoms with E-state index in [4.69, 9.17) is 5.10 Å². The standard InChI is InChI=1S/C18H23N3S/c1-4-19-18-21(20-16-7-5-6-8-16)17(12-22-18)15-10-9-13(2)14(3)11-15/h9-12H,4-8H2,1-3H3. The van der Waals surface area contributed by atoms with Gasteiger partial charge in [0.05, 0.1) is 5.69 Å². The Balaban J connectivity index is 2.13. The van der Waals surface area contributed by atoms with Gasteiger partial charge in [0.15, 0.2) is 0 Å². The number of nitrogens with zero attached hydrogens (tertiary/aromatic N) is 3. The third-order valence-electron chi connectivity index (χ3n) is 4.20. The summed E-state index contributed by atoms with van der Waals surface area (Å²) in [6.07, 6.45) is 4.78. The maximum absolute atomic E-state index is 4.92. The first-order chi connectivity index (χ1) is 10.7. The van der Waals surface area contributed by atoms with E-state index in [2.05, 4.69) is 54.0 Å². The fourth-order valence-corrected chi connectivity index (χ4v) is 3.66. The highest BCUT2D eigenvalue weighted by molar-refractivity contribution is 7.07. The van der Waals surface area contributed by atoms with E-state index < -0.39 is 0 Å². The molecule has 1 aliphatic carbocycles. The van der Waals surface area contributed by atoms with E-state index in [-0.39, 0.29) is 0 Å². The van der Waals surface area contributed by atoms with Crippen molar-refractivity contribution in [1.29, 1.82) is 0 Å². The third-order valence-corrected chi connectivity index (χ3v) is 5.06. The molecule has 0 spiro atoms. The molecule has 0 amide bonds. The summed E-state index contributed by atoms with van der Waals surface area (Å²) in [6, 6.07) is 6.62. The minimum Gasteiger partial charge on any atom is -0.258 e. The molecule has 0 saturated heterocycles. The van der Waals surface area contributed by atoms with Crippen LogP contribution in [0, 0.1) is 13.8 Å². The second-order valence-electron chi connectivity index (χ2n) is 5.86. The molecule has 3 nitrogen and oxygen atoms in total. The molecule has 0 radical (unpaired) electrons. The smallest absolute Gasteiger partial charge is 0.206 e. The van der Waals surface area contributed by atoms with Gasteiger partial charge in [0.2, 0.25) is 4.80 Å². The van der Waals surface area contributed by atoms with E-state index in [1.165, 1.54) is 35.2 Å². The van der Waals surface area contributed by atoms with Crippen LogP contribution in [0.2, 0.25) is 0 Å². The molecular formula is C18H23N3S. The summed E-state index contributed by atoms with van der Waals surface area (Å²) in [7, 11) is 0. The summed E-state index contributed by atoms with van der Waals surface area (Å²) in [5.41, 5.74) is 6.32. The monoisotopic (exact) mass is 313 g/mol. The number of rotatable bonds is 3. The van der Waals surface area contributed by atoms with Crippen LogP contribution in [-0.4, -0.2) is 16.9 Å². The zero-order chi connectivity index (χ0) is 15.5. The quantitative estimate of drug-likeness (QED) is 0.797. The lowest BCUT2D eigenvalue weighted by Gasteiger charge is -2.07. The SMILES string of the molecule is CCN=c1scc(-c2ccc(C)c(C)c2)n1N=C1CCCC1. The van der Waals surface area contributed by atoms with Gasteiger partial charge in [-0.15, -0.1) is 11.3 Å². The Morgan fingerprint density at radius 3 is 2.59 bits per heavy atom. The molecule has 1 aromatic heterocycles. The molecule has 2 aromatic rings. The molecule has 1 saturated carbocycles. The largest absolute Gasteiger partial charge is 0.258 e. The van der Waals surface area contributed by atoms with Crippen molar-refractivity contribution >= 4 is 17.0 Å². The van der Waals surface area contributed by atoms with Gasteiger partial charge in [-0.2, -0.15) is 5.10 Å². The molecule has 1 fully saturated rings. The minimum atomic E-state index is 0.789. The van der Waals surface area contributed by atoms with Gasteiger partial charge in [-0.1, -0.05) is 12.1 Å². The van der Waals surface area contributed by atoms with Crippen molar-refractivity contribution < 1.29 is 0 Å². The van der Waals surface area contributed by atoms with E-state index in [1.807, 2.05) is 0 Å². The lowest BCUT2D eigenvalue weighted by atomic mass is 10.1. The minimum absolute atomic E-state index is 0.789. The molecule has 116 valence electrons. The van der Waals surface area contributed by atoms with Crippen molar-refractivity contribution in [2.45, 2.75) is 46.5 Å². The summed E-state index contributed by atoms with van der Waals surface area (Å²) in [4.78, 5) is 5.60. The van der Waals surface area contributed by atoms with Gasteiger partial charge in [0.1, 0.15) is 0 Å². The first-order valence-corrected chi connectivity index (χ1v) is 8.92. The lowest BCUT2D eigenvalue weighted by molar-refractivity contribution is 0.821. The highest BCUT2D eigenvalue weighted by atomic mass is 32.1. The Hall–Kier alpha value is -1.68. The zero-order valence-electron chi connectivity index (χ0n) is 13.6. The first kappa shape index (κ1) is 15.2. The van der Waals surface area contributed by atoms with Crippen LogP contribution in [0.4, 0.5) is 0 Å². The van der Waals surface area contributed by atoms with Gasteiger partial charge >= 0.3 is 0 Å². The van der Waals surface area contributed by atoms with Crippen LogP contribution in [0.5, 0.6) is 0 Å². The summed E-state index contributed by atoms with van der Waals surface area (Å²) in [5, 5.41) is 7.09. The van der Waals surface area contributed by atoms with E-state index in [0.29, 0.717) is 0 Å². The lowest BCUT2D eigenvalue weighted by Crippen LogP contribution is -2.14. The normalized spacial score (nSPS) is 15.6. The Morgan fingerprint density at radius 2 is 1.91 bits per heavy atom. The average molecular weight is 313 g/mol. The highest BCUT2D eigenvalue weighted by Crippen LogP contribution is 2.24. The van der Waals surface area contributed by atoms with E-state index >= 15 is 0 Å². The molecular weight excluding hydrogens is 290 g/mol. The van der Waals surface area contributed by atoms with Crippen LogP contribution in [0.3, 0.4) is 0 Å².